The normalized spacial score (nSPS) is 11.2. The molecule has 3 aromatic heterocycles. The summed E-state index contributed by atoms with van der Waals surface area (Å²) < 4.78 is 12.1. The van der Waals surface area contributed by atoms with Crippen molar-refractivity contribution in [1.29, 1.82) is 0 Å². The Kier molecular flexibility index (Phi) is 6.94. The number of carbonyl (C=O) groups is 3. The van der Waals surface area contributed by atoms with E-state index < -0.39 is 23.4 Å². The number of thiazole rings is 1. The molecule has 182 valence electrons. The number of aromatic nitrogens is 3. The Morgan fingerprint density at radius 2 is 1.94 bits per heavy atom. The molecule has 0 spiro atoms. The minimum Gasteiger partial charge on any atom is -0.462 e. The molecule has 0 radical (unpaired) electrons. The van der Waals surface area contributed by atoms with Gasteiger partial charge in [-0.05, 0) is 51.5 Å². The third-order valence-electron chi connectivity index (χ3n) is 4.91. The molecule has 0 atom stereocenters. The molecule has 4 rings (SSSR count). The number of nitrogens with one attached hydrogen (secondary N) is 1. The molecule has 1 N–H and O–H groups in total. The Labute approximate surface area is 207 Å². The maximum Gasteiger partial charge on any atom is 0.348 e. The summed E-state index contributed by atoms with van der Waals surface area (Å²) in [5.41, 5.74) is 1.07. The zero-order valence-electron chi connectivity index (χ0n) is 19.4. The first kappa shape index (κ1) is 24.5. The quantitative estimate of drug-likeness (QED) is 0.369. The van der Waals surface area contributed by atoms with Crippen molar-refractivity contribution in [3.63, 3.8) is 0 Å². The first-order chi connectivity index (χ1) is 16.7. The smallest absolute Gasteiger partial charge is 0.348 e. The fourth-order valence-corrected chi connectivity index (χ4v) is 5.31. The molecule has 12 heteroatoms. The molecule has 0 aliphatic heterocycles. The summed E-state index contributed by atoms with van der Waals surface area (Å²) >= 11 is 2.29. The van der Waals surface area contributed by atoms with Gasteiger partial charge in [0.05, 0.1) is 40.2 Å². The first-order valence-corrected chi connectivity index (χ1v) is 12.4. The van der Waals surface area contributed by atoms with E-state index in [1.165, 1.54) is 22.2 Å². The summed E-state index contributed by atoms with van der Waals surface area (Å²) in [6.07, 6.45) is 0.988. The van der Waals surface area contributed by atoms with E-state index in [1.807, 2.05) is 0 Å². The molecule has 10 nitrogen and oxygen atoms in total. The van der Waals surface area contributed by atoms with Crippen LogP contribution in [0.4, 0.5) is 5.13 Å². The summed E-state index contributed by atoms with van der Waals surface area (Å²) in [7, 11) is 0. The molecule has 0 unspecified atom stereocenters. The molecule has 35 heavy (non-hydrogen) atoms. The van der Waals surface area contributed by atoms with Crippen LogP contribution in [0, 0.1) is 6.92 Å². The minimum absolute atomic E-state index is 0.273. The summed E-state index contributed by atoms with van der Waals surface area (Å²) in [6, 6.07) is 4.95. The maximum absolute atomic E-state index is 13.0. The first-order valence-electron chi connectivity index (χ1n) is 10.7. The van der Waals surface area contributed by atoms with Gasteiger partial charge < -0.3 is 14.8 Å². The van der Waals surface area contributed by atoms with Crippen LogP contribution in [0.2, 0.25) is 0 Å². The average Bonchev–Trinajstić information content (AvgIpc) is 3.35. The number of anilines is 1. The fourth-order valence-electron chi connectivity index (χ4n) is 3.37. The zero-order chi connectivity index (χ0) is 25.3. The van der Waals surface area contributed by atoms with E-state index in [2.05, 4.69) is 15.3 Å². The molecule has 0 saturated carbocycles. The van der Waals surface area contributed by atoms with Crippen LogP contribution in [-0.4, -0.2) is 45.1 Å². The van der Waals surface area contributed by atoms with Gasteiger partial charge in [0.25, 0.3) is 5.56 Å². The predicted octanol–water partition coefficient (Wildman–Crippen LogP) is 3.76. The number of aryl methyl sites for hydroxylation is 1. The molecule has 0 bridgehead atoms. The van der Waals surface area contributed by atoms with Gasteiger partial charge >= 0.3 is 11.9 Å². The van der Waals surface area contributed by atoms with Crippen molar-refractivity contribution >= 4 is 66.1 Å². The van der Waals surface area contributed by atoms with Crippen molar-refractivity contribution in [2.24, 2.45) is 0 Å². The molecule has 3 heterocycles. The van der Waals surface area contributed by atoms with Crippen LogP contribution in [0.1, 0.15) is 46.4 Å². The number of hydrogen-bond acceptors (Lipinski definition) is 10. The van der Waals surface area contributed by atoms with E-state index >= 15 is 0 Å². The highest BCUT2D eigenvalue weighted by Gasteiger charge is 2.22. The lowest BCUT2D eigenvalue weighted by molar-refractivity contribution is -0.116. The Hall–Kier alpha value is -3.64. The Morgan fingerprint density at radius 1 is 1.17 bits per heavy atom. The number of thiophene rings is 1. The molecular weight excluding hydrogens is 492 g/mol. The van der Waals surface area contributed by atoms with Gasteiger partial charge in [0.15, 0.2) is 5.13 Å². The summed E-state index contributed by atoms with van der Waals surface area (Å²) in [5.74, 6) is -1.41. The highest BCUT2D eigenvalue weighted by molar-refractivity contribution is 7.22. The van der Waals surface area contributed by atoms with Crippen molar-refractivity contribution in [2.45, 2.75) is 40.3 Å². The number of amides is 1. The predicted molar refractivity (Wildman–Crippen MR) is 133 cm³/mol. The van der Waals surface area contributed by atoms with Crippen molar-refractivity contribution < 1.29 is 23.9 Å². The second kappa shape index (κ2) is 9.92. The fraction of sp³-hybridized carbons (Fsp3) is 0.304. The number of ether oxygens (including phenoxy) is 2. The molecule has 4 aromatic rings. The number of carbonyl (C=O) groups excluding carboxylic acids is 3. The Bertz CT molecular complexity index is 1520. The van der Waals surface area contributed by atoms with E-state index in [4.69, 9.17) is 9.47 Å². The molecule has 0 aliphatic rings. The lowest BCUT2D eigenvalue weighted by Gasteiger charge is -2.06. The topological polar surface area (TPSA) is 129 Å². The van der Waals surface area contributed by atoms with Crippen LogP contribution in [-0.2, 0) is 20.8 Å². The Morgan fingerprint density at radius 3 is 2.66 bits per heavy atom. The maximum atomic E-state index is 13.0. The van der Waals surface area contributed by atoms with Crippen LogP contribution in [0.15, 0.2) is 29.3 Å². The highest BCUT2D eigenvalue weighted by Crippen LogP contribution is 2.28. The molecule has 0 aliphatic carbocycles. The number of esters is 2. The van der Waals surface area contributed by atoms with Crippen LogP contribution in [0.5, 0.6) is 0 Å². The third-order valence-corrected chi connectivity index (χ3v) is 7.02. The van der Waals surface area contributed by atoms with Crippen molar-refractivity contribution in [3.8, 4) is 0 Å². The molecule has 0 fully saturated rings. The minimum atomic E-state index is -0.508. The molecule has 0 saturated heterocycles. The average molecular weight is 515 g/mol. The van der Waals surface area contributed by atoms with Gasteiger partial charge in [-0.15, -0.1) is 11.3 Å². The number of fused-ring (bicyclic) bond motifs is 2. The number of rotatable bonds is 7. The van der Waals surface area contributed by atoms with Gasteiger partial charge in [-0.1, -0.05) is 11.3 Å². The molecular formula is C23H22N4O6S2. The van der Waals surface area contributed by atoms with E-state index in [0.717, 1.165) is 11.3 Å². The summed E-state index contributed by atoms with van der Waals surface area (Å²) in [6.45, 7) is 6.87. The number of hydrogen-bond donors (Lipinski definition) is 1. The van der Waals surface area contributed by atoms with Gasteiger partial charge in [-0.25, -0.2) is 19.6 Å². The monoisotopic (exact) mass is 514 g/mol. The van der Waals surface area contributed by atoms with Gasteiger partial charge in [-0.3, -0.25) is 14.2 Å². The van der Waals surface area contributed by atoms with Gasteiger partial charge in [0, 0.05) is 0 Å². The van der Waals surface area contributed by atoms with Crippen molar-refractivity contribution in [3.05, 3.63) is 50.9 Å². The van der Waals surface area contributed by atoms with Crippen LogP contribution in [0.25, 0.3) is 20.4 Å². The van der Waals surface area contributed by atoms with Gasteiger partial charge in [0.1, 0.15) is 16.3 Å². The largest absolute Gasteiger partial charge is 0.462 e. The van der Waals surface area contributed by atoms with E-state index in [0.29, 0.717) is 36.2 Å². The summed E-state index contributed by atoms with van der Waals surface area (Å²) in [5, 5.41) is 3.30. The number of benzene rings is 1. The van der Waals surface area contributed by atoms with Crippen LogP contribution >= 0.6 is 22.7 Å². The highest BCUT2D eigenvalue weighted by atomic mass is 32.1. The van der Waals surface area contributed by atoms with E-state index in [-0.39, 0.29) is 24.6 Å². The second-order valence-corrected chi connectivity index (χ2v) is 9.87. The second-order valence-electron chi connectivity index (χ2n) is 7.84. The standard InChI is InChI=1S/C23H22N4O6S2/c1-5-32-21(30)13-6-7-14-15(8-13)34-23(25-14)26-16(28)9-27-10-24-19-17(20(27)29)12(4)18(35-19)22(31)33-11(2)3/h6-8,10-11H,5,9H2,1-4H3,(H,25,26,28). The zero-order valence-corrected chi connectivity index (χ0v) is 21.0. The SMILES string of the molecule is CCOC(=O)c1ccc2nc(NC(=O)Cn3cnc4sc(C(=O)OC(C)C)c(C)c4c3=O)sc2c1. The van der Waals surface area contributed by atoms with Gasteiger partial charge in [0.2, 0.25) is 5.91 Å². The van der Waals surface area contributed by atoms with Crippen molar-refractivity contribution in [2.75, 3.05) is 11.9 Å². The van der Waals surface area contributed by atoms with Gasteiger partial charge in [-0.2, -0.15) is 0 Å². The van der Waals surface area contributed by atoms with Crippen LogP contribution in [0.3, 0.4) is 0 Å². The molecule has 1 amide bonds. The lowest BCUT2D eigenvalue weighted by atomic mass is 10.2. The molecule has 1 aromatic carbocycles. The third kappa shape index (κ3) is 5.08. The van der Waals surface area contributed by atoms with E-state index in [1.54, 1.807) is 45.9 Å². The van der Waals surface area contributed by atoms with Crippen LogP contribution < -0.4 is 10.9 Å². The van der Waals surface area contributed by atoms with Crippen molar-refractivity contribution in [1.82, 2.24) is 14.5 Å². The summed E-state index contributed by atoms with van der Waals surface area (Å²) in [4.78, 5) is 59.3. The Balaban J connectivity index is 1.53. The van der Waals surface area contributed by atoms with E-state index in [9.17, 15) is 19.2 Å². The number of nitrogens with zero attached hydrogens (tertiary/aromatic N) is 3. The lowest BCUT2D eigenvalue weighted by Crippen LogP contribution is -2.27.